The van der Waals surface area contributed by atoms with E-state index >= 15 is 0 Å². The number of hydrogen-bond donors (Lipinski definition) is 2. The van der Waals surface area contributed by atoms with Crippen LogP contribution in [-0.2, 0) is 0 Å². The standard InChI is InChI=1S/C13H8Cl2N4O/c14-10-11(15)16-6-17-12(10)19-13(20)9-5-7-3-1-2-4-8(7)18-9/h1-6,18H,(H,16,17,19,20). The summed E-state index contributed by atoms with van der Waals surface area (Å²) in [6.45, 7) is 0. The fourth-order valence-electron chi connectivity index (χ4n) is 1.81. The molecule has 0 bridgehead atoms. The normalized spacial score (nSPS) is 10.7. The van der Waals surface area contributed by atoms with Gasteiger partial charge in [-0.2, -0.15) is 0 Å². The molecule has 7 heteroatoms. The van der Waals surface area contributed by atoms with Crippen molar-refractivity contribution in [3.05, 3.63) is 52.5 Å². The van der Waals surface area contributed by atoms with Crippen LogP contribution in [0.3, 0.4) is 0 Å². The van der Waals surface area contributed by atoms with E-state index in [9.17, 15) is 4.79 Å². The summed E-state index contributed by atoms with van der Waals surface area (Å²) in [5, 5.41) is 3.74. The van der Waals surface area contributed by atoms with Crippen molar-refractivity contribution >= 4 is 45.8 Å². The van der Waals surface area contributed by atoms with E-state index in [0.717, 1.165) is 10.9 Å². The largest absolute Gasteiger partial charge is 0.351 e. The van der Waals surface area contributed by atoms with Gasteiger partial charge in [-0.1, -0.05) is 41.4 Å². The molecule has 20 heavy (non-hydrogen) atoms. The lowest BCUT2D eigenvalue weighted by Gasteiger charge is -2.04. The van der Waals surface area contributed by atoms with Crippen LogP contribution in [0.1, 0.15) is 10.5 Å². The lowest BCUT2D eigenvalue weighted by atomic mass is 10.2. The number of hydrogen-bond acceptors (Lipinski definition) is 3. The predicted molar refractivity (Wildman–Crippen MR) is 78.3 cm³/mol. The molecule has 0 fully saturated rings. The first-order valence-electron chi connectivity index (χ1n) is 5.70. The summed E-state index contributed by atoms with van der Waals surface area (Å²) in [6, 6.07) is 9.35. The molecule has 0 atom stereocenters. The van der Waals surface area contributed by atoms with E-state index < -0.39 is 0 Å². The summed E-state index contributed by atoms with van der Waals surface area (Å²) < 4.78 is 0. The Hall–Kier alpha value is -2.11. The molecule has 1 aromatic carbocycles. The molecule has 0 saturated heterocycles. The van der Waals surface area contributed by atoms with Gasteiger partial charge in [0.15, 0.2) is 11.0 Å². The second-order valence-corrected chi connectivity index (χ2v) is 4.79. The molecule has 2 N–H and O–H groups in total. The van der Waals surface area contributed by atoms with E-state index in [1.807, 2.05) is 24.3 Å². The highest BCUT2D eigenvalue weighted by Gasteiger charge is 2.14. The van der Waals surface area contributed by atoms with Gasteiger partial charge in [-0.25, -0.2) is 9.97 Å². The van der Waals surface area contributed by atoms with Gasteiger partial charge in [0.1, 0.15) is 17.0 Å². The first-order chi connectivity index (χ1) is 9.65. The van der Waals surface area contributed by atoms with Gasteiger partial charge in [0.25, 0.3) is 5.91 Å². The van der Waals surface area contributed by atoms with Gasteiger partial charge in [0.05, 0.1) is 0 Å². The van der Waals surface area contributed by atoms with E-state index in [1.165, 1.54) is 6.33 Å². The number of halogens is 2. The smallest absolute Gasteiger partial charge is 0.273 e. The number of anilines is 1. The molecule has 2 aromatic heterocycles. The minimum absolute atomic E-state index is 0.0913. The Morgan fingerprint density at radius 1 is 1.20 bits per heavy atom. The topological polar surface area (TPSA) is 70.7 Å². The van der Waals surface area contributed by atoms with E-state index in [0.29, 0.717) is 5.69 Å². The monoisotopic (exact) mass is 306 g/mol. The molecule has 0 spiro atoms. The third-order valence-electron chi connectivity index (χ3n) is 2.75. The number of carbonyl (C=O) groups is 1. The number of nitrogens with one attached hydrogen (secondary N) is 2. The number of H-pyrrole nitrogens is 1. The van der Waals surface area contributed by atoms with Gasteiger partial charge >= 0.3 is 0 Å². The van der Waals surface area contributed by atoms with Crippen LogP contribution in [-0.4, -0.2) is 20.9 Å². The van der Waals surface area contributed by atoms with Gasteiger partial charge in [0.2, 0.25) is 0 Å². The molecule has 0 aliphatic carbocycles. The van der Waals surface area contributed by atoms with Crippen LogP contribution < -0.4 is 5.32 Å². The quantitative estimate of drug-likeness (QED) is 0.712. The van der Waals surface area contributed by atoms with Gasteiger partial charge in [0, 0.05) is 10.9 Å². The highest BCUT2D eigenvalue weighted by Crippen LogP contribution is 2.26. The minimum Gasteiger partial charge on any atom is -0.351 e. The molecule has 0 aliphatic rings. The fraction of sp³-hybridized carbons (Fsp3) is 0. The summed E-state index contributed by atoms with van der Waals surface area (Å²) in [7, 11) is 0. The van der Waals surface area contributed by atoms with Crippen molar-refractivity contribution in [1.29, 1.82) is 0 Å². The molecular formula is C13H8Cl2N4O. The minimum atomic E-state index is -0.349. The van der Waals surface area contributed by atoms with Crippen LogP contribution in [0, 0.1) is 0 Å². The van der Waals surface area contributed by atoms with Gasteiger partial charge in [-0.05, 0) is 12.1 Å². The maximum absolute atomic E-state index is 12.1. The molecule has 0 unspecified atom stereocenters. The Balaban J connectivity index is 1.91. The van der Waals surface area contributed by atoms with Crippen LogP contribution in [0.25, 0.3) is 10.9 Å². The van der Waals surface area contributed by atoms with E-state index in [2.05, 4.69) is 20.3 Å². The molecular weight excluding hydrogens is 299 g/mol. The van der Waals surface area contributed by atoms with Crippen molar-refractivity contribution in [3.8, 4) is 0 Å². The molecule has 3 aromatic rings. The number of benzene rings is 1. The van der Waals surface area contributed by atoms with E-state index in [-0.39, 0.29) is 21.9 Å². The van der Waals surface area contributed by atoms with Gasteiger partial charge in [-0.3, -0.25) is 4.79 Å². The highest BCUT2D eigenvalue weighted by molar-refractivity contribution is 6.43. The summed E-state index contributed by atoms with van der Waals surface area (Å²) >= 11 is 11.7. The molecule has 0 saturated carbocycles. The number of aromatic nitrogens is 3. The summed E-state index contributed by atoms with van der Waals surface area (Å²) in [5.74, 6) is -0.173. The maximum atomic E-state index is 12.1. The van der Waals surface area contributed by atoms with Crippen molar-refractivity contribution in [2.75, 3.05) is 5.32 Å². The number of rotatable bonds is 2. The number of aromatic amines is 1. The Morgan fingerprint density at radius 2 is 2.00 bits per heavy atom. The second kappa shape index (κ2) is 5.11. The van der Waals surface area contributed by atoms with E-state index in [4.69, 9.17) is 23.2 Å². The van der Waals surface area contributed by atoms with Crippen LogP contribution in [0.5, 0.6) is 0 Å². The molecule has 1 amide bonds. The van der Waals surface area contributed by atoms with Crippen molar-refractivity contribution in [1.82, 2.24) is 15.0 Å². The highest BCUT2D eigenvalue weighted by atomic mass is 35.5. The number of nitrogens with zero attached hydrogens (tertiary/aromatic N) is 2. The lowest BCUT2D eigenvalue weighted by molar-refractivity contribution is 0.102. The molecule has 3 rings (SSSR count). The Morgan fingerprint density at radius 3 is 2.80 bits per heavy atom. The van der Waals surface area contributed by atoms with Crippen LogP contribution >= 0.6 is 23.2 Å². The average molecular weight is 307 g/mol. The first-order valence-corrected chi connectivity index (χ1v) is 6.46. The maximum Gasteiger partial charge on any atom is 0.273 e. The number of para-hydroxylation sites is 1. The van der Waals surface area contributed by atoms with Crippen molar-refractivity contribution < 1.29 is 4.79 Å². The Labute approximate surface area is 124 Å². The van der Waals surface area contributed by atoms with Crippen molar-refractivity contribution in [3.63, 3.8) is 0 Å². The van der Waals surface area contributed by atoms with Crippen molar-refractivity contribution in [2.24, 2.45) is 0 Å². The number of carbonyl (C=O) groups excluding carboxylic acids is 1. The third kappa shape index (κ3) is 2.33. The Bertz CT molecular complexity index is 767. The fourth-order valence-corrected chi connectivity index (χ4v) is 2.08. The van der Waals surface area contributed by atoms with Gasteiger partial charge < -0.3 is 10.3 Å². The molecule has 0 radical (unpaired) electrons. The molecule has 100 valence electrons. The summed E-state index contributed by atoms with van der Waals surface area (Å²) in [5.41, 5.74) is 1.29. The first kappa shape index (κ1) is 12.9. The average Bonchev–Trinajstić information content (AvgIpc) is 2.88. The molecule has 5 nitrogen and oxygen atoms in total. The Kier molecular flexibility index (Phi) is 3.30. The zero-order chi connectivity index (χ0) is 14.1. The summed E-state index contributed by atoms with van der Waals surface area (Å²) in [6.07, 6.45) is 1.23. The van der Waals surface area contributed by atoms with Crippen molar-refractivity contribution in [2.45, 2.75) is 0 Å². The summed E-state index contributed by atoms with van der Waals surface area (Å²) in [4.78, 5) is 22.8. The SMILES string of the molecule is O=C(Nc1ncnc(Cl)c1Cl)c1cc2ccccc2[nH]1. The number of fused-ring (bicyclic) bond motifs is 1. The third-order valence-corrected chi connectivity index (χ3v) is 3.49. The van der Waals surface area contributed by atoms with Crippen LogP contribution in [0.2, 0.25) is 10.2 Å². The molecule has 0 aliphatic heterocycles. The zero-order valence-electron chi connectivity index (χ0n) is 10.0. The lowest BCUT2D eigenvalue weighted by Crippen LogP contribution is -2.13. The van der Waals surface area contributed by atoms with Crippen LogP contribution in [0.4, 0.5) is 5.82 Å². The molecule has 2 heterocycles. The van der Waals surface area contributed by atoms with E-state index in [1.54, 1.807) is 6.07 Å². The second-order valence-electron chi connectivity index (χ2n) is 4.05. The number of amides is 1. The predicted octanol–water partition coefficient (Wildman–Crippen LogP) is 3.52. The zero-order valence-corrected chi connectivity index (χ0v) is 11.5. The van der Waals surface area contributed by atoms with Crippen LogP contribution in [0.15, 0.2) is 36.7 Å². The van der Waals surface area contributed by atoms with Gasteiger partial charge in [-0.15, -0.1) is 0 Å².